The van der Waals surface area contributed by atoms with E-state index in [0.717, 1.165) is 12.1 Å². The van der Waals surface area contributed by atoms with E-state index in [9.17, 15) is 9.90 Å². The van der Waals surface area contributed by atoms with Gasteiger partial charge in [-0.3, -0.25) is 9.78 Å². The number of hydrogen-bond acceptors (Lipinski definition) is 4. The second-order valence-corrected chi connectivity index (χ2v) is 5.10. The van der Waals surface area contributed by atoms with Crippen LogP contribution >= 0.6 is 0 Å². The number of pyridine rings is 1. The van der Waals surface area contributed by atoms with E-state index in [1.54, 1.807) is 17.2 Å². The van der Waals surface area contributed by atoms with Gasteiger partial charge in [0.1, 0.15) is 5.69 Å². The van der Waals surface area contributed by atoms with Crippen molar-refractivity contribution in [1.82, 2.24) is 9.88 Å². The summed E-state index contributed by atoms with van der Waals surface area (Å²) >= 11 is 0. The van der Waals surface area contributed by atoms with E-state index in [2.05, 4.69) is 10.3 Å². The van der Waals surface area contributed by atoms with Crippen LogP contribution < -0.4 is 5.32 Å². The zero-order chi connectivity index (χ0) is 15.2. The maximum absolute atomic E-state index is 12.3. The molecule has 0 radical (unpaired) electrons. The highest BCUT2D eigenvalue weighted by Crippen LogP contribution is 2.18. The van der Waals surface area contributed by atoms with Gasteiger partial charge in [0.05, 0.1) is 12.1 Å². The van der Waals surface area contributed by atoms with Crippen molar-refractivity contribution in [3.8, 4) is 0 Å². The Morgan fingerprint density at radius 1 is 1.40 bits per heavy atom. The molecule has 1 rings (SSSR count). The molecular formula is C15H25N3O2. The lowest BCUT2D eigenvalue weighted by atomic mass is 10.00. The maximum atomic E-state index is 12.3. The van der Waals surface area contributed by atoms with Gasteiger partial charge in [0.15, 0.2) is 0 Å². The Bertz CT molecular complexity index is 440. The number of aliphatic hydroxyl groups excluding tert-OH is 1. The smallest absolute Gasteiger partial charge is 0.272 e. The van der Waals surface area contributed by atoms with Crippen LogP contribution in [0.1, 0.15) is 44.6 Å². The van der Waals surface area contributed by atoms with Crippen molar-refractivity contribution in [3.63, 3.8) is 0 Å². The van der Waals surface area contributed by atoms with E-state index >= 15 is 0 Å². The van der Waals surface area contributed by atoms with Crippen LogP contribution in [-0.2, 0) is 0 Å². The summed E-state index contributed by atoms with van der Waals surface area (Å²) in [6, 6.07) is 3.55. The number of amides is 1. The SMILES string of the molecule is CCN(CC)C(=O)c1cc(NC(C)(CC)CO)ccn1. The topological polar surface area (TPSA) is 65.5 Å². The van der Waals surface area contributed by atoms with E-state index in [4.69, 9.17) is 0 Å². The first-order valence-electron chi connectivity index (χ1n) is 7.14. The molecule has 0 fully saturated rings. The van der Waals surface area contributed by atoms with E-state index < -0.39 is 5.54 Å². The molecule has 1 aromatic heterocycles. The molecule has 1 atom stereocenters. The molecule has 0 saturated carbocycles. The predicted octanol–water partition coefficient (Wildman–Crippen LogP) is 2.14. The Balaban J connectivity index is 2.93. The first-order valence-corrected chi connectivity index (χ1v) is 7.14. The zero-order valence-electron chi connectivity index (χ0n) is 12.8. The summed E-state index contributed by atoms with van der Waals surface area (Å²) in [6.45, 7) is 9.21. The lowest BCUT2D eigenvalue weighted by molar-refractivity contribution is 0.0767. The molecule has 1 amide bonds. The Morgan fingerprint density at radius 3 is 2.55 bits per heavy atom. The second kappa shape index (κ2) is 7.24. The lowest BCUT2D eigenvalue weighted by Gasteiger charge is -2.28. The van der Waals surface area contributed by atoms with E-state index in [0.29, 0.717) is 18.8 Å². The summed E-state index contributed by atoms with van der Waals surface area (Å²) < 4.78 is 0. The Hall–Kier alpha value is -1.62. The molecule has 0 bridgehead atoms. The van der Waals surface area contributed by atoms with Gasteiger partial charge >= 0.3 is 0 Å². The van der Waals surface area contributed by atoms with Crippen LogP contribution in [0.2, 0.25) is 0 Å². The summed E-state index contributed by atoms with van der Waals surface area (Å²) in [7, 11) is 0. The Labute approximate surface area is 121 Å². The molecule has 5 heteroatoms. The largest absolute Gasteiger partial charge is 0.394 e. The highest BCUT2D eigenvalue weighted by atomic mass is 16.3. The number of rotatable bonds is 7. The molecule has 5 nitrogen and oxygen atoms in total. The minimum atomic E-state index is -0.392. The van der Waals surface area contributed by atoms with Crippen molar-refractivity contribution in [3.05, 3.63) is 24.0 Å². The number of carbonyl (C=O) groups is 1. The number of hydrogen-bond donors (Lipinski definition) is 2. The van der Waals surface area contributed by atoms with Crippen molar-refractivity contribution in [2.75, 3.05) is 25.0 Å². The van der Waals surface area contributed by atoms with Gasteiger partial charge in [0.2, 0.25) is 0 Å². The van der Waals surface area contributed by atoms with Gasteiger partial charge in [-0.1, -0.05) is 6.92 Å². The Kier molecular flexibility index (Phi) is 5.95. The van der Waals surface area contributed by atoms with Crippen molar-refractivity contribution in [2.24, 2.45) is 0 Å². The minimum Gasteiger partial charge on any atom is -0.394 e. The third kappa shape index (κ3) is 3.93. The molecule has 20 heavy (non-hydrogen) atoms. The third-order valence-electron chi connectivity index (χ3n) is 3.61. The predicted molar refractivity (Wildman–Crippen MR) is 80.9 cm³/mol. The standard InChI is InChI=1S/C15H25N3O2/c1-5-15(4,11-19)17-12-8-9-16-13(10-12)14(20)18(6-2)7-3/h8-10,19H,5-7,11H2,1-4H3,(H,16,17). The molecule has 1 heterocycles. The molecule has 0 aliphatic heterocycles. The highest BCUT2D eigenvalue weighted by Gasteiger charge is 2.21. The number of nitrogens with one attached hydrogen (secondary N) is 1. The molecule has 0 spiro atoms. The van der Waals surface area contributed by atoms with Crippen molar-refractivity contribution in [1.29, 1.82) is 0 Å². The van der Waals surface area contributed by atoms with Gasteiger partial charge in [0.25, 0.3) is 5.91 Å². The monoisotopic (exact) mass is 279 g/mol. The quantitative estimate of drug-likeness (QED) is 0.802. The summed E-state index contributed by atoms with van der Waals surface area (Å²) in [4.78, 5) is 18.1. The molecule has 0 aromatic carbocycles. The number of nitrogens with zero attached hydrogens (tertiary/aromatic N) is 2. The van der Waals surface area contributed by atoms with Crippen LogP contribution in [-0.4, -0.2) is 46.1 Å². The highest BCUT2D eigenvalue weighted by molar-refractivity contribution is 5.93. The molecule has 0 aliphatic carbocycles. The minimum absolute atomic E-state index is 0.0329. The van der Waals surface area contributed by atoms with Crippen LogP contribution in [0.25, 0.3) is 0 Å². The summed E-state index contributed by atoms with van der Waals surface area (Å²) in [5.41, 5.74) is 0.834. The Morgan fingerprint density at radius 2 is 2.05 bits per heavy atom. The molecule has 1 unspecified atom stereocenters. The normalized spacial score (nSPS) is 13.7. The van der Waals surface area contributed by atoms with Crippen LogP contribution in [0.3, 0.4) is 0 Å². The first-order chi connectivity index (χ1) is 9.49. The maximum Gasteiger partial charge on any atom is 0.272 e. The van der Waals surface area contributed by atoms with Crippen LogP contribution in [0.15, 0.2) is 18.3 Å². The molecule has 2 N–H and O–H groups in total. The van der Waals surface area contributed by atoms with Gasteiger partial charge in [-0.2, -0.15) is 0 Å². The molecule has 0 saturated heterocycles. The summed E-state index contributed by atoms with van der Waals surface area (Å²) in [5, 5.41) is 12.7. The fraction of sp³-hybridized carbons (Fsp3) is 0.600. The molecule has 112 valence electrons. The fourth-order valence-corrected chi connectivity index (χ4v) is 1.89. The number of aromatic nitrogens is 1. The van der Waals surface area contributed by atoms with Crippen LogP contribution in [0, 0.1) is 0 Å². The zero-order valence-corrected chi connectivity index (χ0v) is 12.8. The lowest BCUT2D eigenvalue weighted by Crippen LogP contribution is -2.38. The average Bonchev–Trinajstić information content (AvgIpc) is 2.48. The van der Waals surface area contributed by atoms with Gasteiger partial charge in [0, 0.05) is 25.0 Å². The van der Waals surface area contributed by atoms with Gasteiger partial charge in [-0.15, -0.1) is 0 Å². The van der Waals surface area contributed by atoms with Crippen molar-refractivity contribution >= 4 is 11.6 Å². The summed E-state index contributed by atoms with van der Waals surface area (Å²) in [5.74, 6) is -0.0687. The van der Waals surface area contributed by atoms with Crippen molar-refractivity contribution in [2.45, 2.75) is 39.7 Å². The van der Waals surface area contributed by atoms with E-state index in [1.165, 1.54) is 0 Å². The van der Waals surface area contributed by atoms with Gasteiger partial charge in [-0.05, 0) is 39.3 Å². The summed E-state index contributed by atoms with van der Waals surface area (Å²) in [6.07, 6.45) is 2.40. The van der Waals surface area contributed by atoms with E-state index in [-0.39, 0.29) is 12.5 Å². The van der Waals surface area contributed by atoms with Crippen LogP contribution in [0.5, 0.6) is 0 Å². The number of anilines is 1. The number of aliphatic hydroxyl groups is 1. The van der Waals surface area contributed by atoms with Crippen LogP contribution in [0.4, 0.5) is 5.69 Å². The third-order valence-corrected chi connectivity index (χ3v) is 3.61. The first kappa shape index (κ1) is 16.4. The van der Waals surface area contributed by atoms with Gasteiger partial charge < -0.3 is 15.3 Å². The average molecular weight is 279 g/mol. The molecule has 0 aliphatic rings. The number of carbonyl (C=O) groups excluding carboxylic acids is 1. The van der Waals surface area contributed by atoms with Crippen molar-refractivity contribution < 1.29 is 9.90 Å². The fourth-order valence-electron chi connectivity index (χ4n) is 1.89. The second-order valence-electron chi connectivity index (χ2n) is 5.10. The molecular weight excluding hydrogens is 254 g/mol. The van der Waals surface area contributed by atoms with Gasteiger partial charge in [-0.25, -0.2) is 0 Å². The molecule has 1 aromatic rings. The van der Waals surface area contributed by atoms with E-state index in [1.807, 2.05) is 33.8 Å².